The molecule has 0 atom stereocenters. The third-order valence-corrected chi connectivity index (χ3v) is 3.01. The zero-order chi connectivity index (χ0) is 15.8. The van der Waals surface area contributed by atoms with E-state index in [1.807, 2.05) is 0 Å². The molecule has 0 aliphatic carbocycles. The Labute approximate surface area is 117 Å². The molecule has 110 valence electrons. The molecule has 2 rings (SSSR count). The normalized spacial score (nSPS) is 11.5. The molecule has 2 aromatic rings. The maximum absolute atomic E-state index is 14.0. The van der Waals surface area contributed by atoms with Crippen LogP contribution in [0.15, 0.2) is 36.9 Å². The number of carbonyl (C=O) groups is 1. The Morgan fingerprint density at radius 1 is 1.19 bits per heavy atom. The summed E-state index contributed by atoms with van der Waals surface area (Å²) in [6.07, 6.45) is -4.55. The van der Waals surface area contributed by atoms with Crippen LogP contribution < -0.4 is 0 Å². The lowest BCUT2D eigenvalue weighted by atomic mass is 10.00. The quantitative estimate of drug-likeness (QED) is 0.472. The van der Waals surface area contributed by atoms with E-state index < -0.39 is 23.5 Å². The van der Waals surface area contributed by atoms with Gasteiger partial charge >= 0.3 is 12.1 Å². The van der Waals surface area contributed by atoms with E-state index in [4.69, 9.17) is 0 Å². The SMILES string of the molecule is C=C(C(=O)OC)c1cc(F)c2cc(C(F)(F)F)ccc2c1. The van der Waals surface area contributed by atoms with Gasteiger partial charge in [0.05, 0.1) is 18.2 Å². The van der Waals surface area contributed by atoms with E-state index in [1.165, 1.54) is 6.07 Å². The molecule has 21 heavy (non-hydrogen) atoms. The van der Waals surface area contributed by atoms with Gasteiger partial charge in [-0.05, 0) is 35.2 Å². The summed E-state index contributed by atoms with van der Waals surface area (Å²) in [6.45, 7) is 3.48. The number of benzene rings is 2. The van der Waals surface area contributed by atoms with Crippen molar-refractivity contribution >= 4 is 22.3 Å². The minimum atomic E-state index is -4.55. The van der Waals surface area contributed by atoms with Gasteiger partial charge in [0.1, 0.15) is 5.82 Å². The van der Waals surface area contributed by atoms with Crippen LogP contribution >= 0.6 is 0 Å². The molecule has 0 aliphatic rings. The van der Waals surface area contributed by atoms with Crippen LogP contribution in [0.25, 0.3) is 16.3 Å². The summed E-state index contributed by atoms with van der Waals surface area (Å²) in [5.41, 5.74) is -0.849. The molecule has 2 nitrogen and oxygen atoms in total. The fourth-order valence-corrected chi connectivity index (χ4v) is 1.90. The molecular weight excluding hydrogens is 288 g/mol. The maximum Gasteiger partial charge on any atom is 0.416 e. The molecule has 6 heteroatoms. The molecule has 0 saturated carbocycles. The largest absolute Gasteiger partial charge is 0.465 e. The summed E-state index contributed by atoms with van der Waals surface area (Å²) in [4.78, 5) is 11.4. The van der Waals surface area contributed by atoms with Crippen molar-refractivity contribution in [2.75, 3.05) is 7.11 Å². The van der Waals surface area contributed by atoms with Gasteiger partial charge in [-0.15, -0.1) is 0 Å². The Balaban J connectivity index is 2.58. The average molecular weight is 298 g/mol. The van der Waals surface area contributed by atoms with Crippen LogP contribution in [0.5, 0.6) is 0 Å². The zero-order valence-electron chi connectivity index (χ0n) is 10.9. The number of esters is 1. The molecule has 0 N–H and O–H groups in total. The van der Waals surface area contributed by atoms with E-state index in [2.05, 4.69) is 11.3 Å². The van der Waals surface area contributed by atoms with Crippen LogP contribution in [0, 0.1) is 5.82 Å². The first kappa shape index (κ1) is 15.0. The van der Waals surface area contributed by atoms with E-state index in [0.717, 1.165) is 31.4 Å². The number of carbonyl (C=O) groups excluding carboxylic acids is 1. The minimum absolute atomic E-state index is 0.0711. The van der Waals surface area contributed by atoms with Gasteiger partial charge in [-0.1, -0.05) is 12.6 Å². The van der Waals surface area contributed by atoms with Crippen molar-refractivity contribution in [1.82, 2.24) is 0 Å². The van der Waals surface area contributed by atoms with Gasteiger partial charge < -0.3 is 4.74 Å². The molecule has 0 spiro atoms. The Bertz CT molecular complexity index is 732. The van der Waals surface area contributed by atoms with E-state index in [-0.39, 0.29) is 21.9 Å². The monoisotopic (exact) mass is 298 g/mol. The predicted molar refractivity (Wildman–Crippen MR) is 70.0 cm³/mol. The number of rotatable bonds is 2. The Morgan fingerprint density at radius 2 is 1.86 bits per heavy atom. The summed E-state index contributed by atoms with van der Waals surface area (Å²) < 4.78 is 56.3. The van der Waals surface area contributed by atoms with Crippen LogP contribution in [-0.2, 0) is 15.7 Å². The lowest BCUT2D eigenvalue weighted by Gasteiger charge is -2.10. The Hall–Kier alpha value is -2.37. The second kappa shape index (κ2) is 5.20. The topological polar surface area (TPSA) is 26.3 Å². The summed E-state index contributed by atoms with van der Waals surface area (Å²) in [6, 6.07) is 5.08. The van der Waals surface area contributed by atoms with Crippen LogP contribution in [0.2, 0.25) is 0 Å². The van der Waals surface area contributed by atoms with E-state index in [1.54, 1.807) is 0 Å². The third kappa shape index (κ3) is 2.89. The highest BCUT2D eigenvalue weighted by molar-refractivity contribution is 6.16. The first-order valence-electron chi connectivity index (χ1n) is 5.82. The van der Waals surface area contributed by atoms with Gasteiger partial charge in [0.25, 0.3) is 0 Å². The van der Waals surface area contributed by atoms with Crippen LogP contribution in [-0.4, -0.2) is 13.1 Å². The molecule has 0 fully saturated rings. The van der Waals surface area contributed by atoms with Crippen molar-refractivity contribution in [3.63, 3.8) is 0 Å². The first-order valence-corrected chi connectivity index (χ1v) is 5.82. The summed E-state index contributed by atoms with van der Waals surface area (Å²) in [7, 11) is 1.15. The van der Waals surface area contributed by atoms with Gasteiger partial charge in [0.2, 0.25) is 0 Å². The molecule has 0 aromatic heterocycles. The van der Waals surface area contributed by atoms with Crippen molar-refractivity contribution in [2.45, 2.75) is 6.18 Å². The molecule has 0 radical (unpaired) electrons. The maximum atomic E-state index is 14.0. The number of fused-ring (bicyclic) bond motifs is 1. The zero-order valence-corrected chi connectivity index (χ0v) is 10.9. The molecule has 0 heterocycles. The molecular formula is C15H10F4O2. The Kier molecular flexibility index (Phi) is 3.72. The van der Waals surface area contributed by atoms with E-state index in [0.29, 0.717) is 0 Å². The fourth-order valence-electron chi connectivity index (χ4n) is 1.90. The van der Waals surface area contributed by atoms with Gasteiger partial charge in [-0.2, -0.15) is 13.2 Å². The van der Waals surface area contributed by atoms with E-state index >= 15 is 0 Å². The summed E-state index contributed by atoms with van der Waals surface area (Å²) in [5.74, 6) is -1.60. The fraction of sp³-hybridized carbons (Fsp3) is 0.133. The summed E-state index contributed by atoms with van der Waals surface area (Å²) in [5, 5.41) is 0.0642. The number of hydrogen-bond acceptors (Lipinski definition) is 2. The molecule has 2 aromatic carbocycles. The van der Waals surface area contributed by atoms with Crippen molar-refractivity contribution in [1.29, 1.82) is 0 Å². The molecule has 0 aliphatic heterocycles. The average Bonchev–Trinajstić information content (AvgIpc) is 2.44. The minimum Gasteiger partial charge on any atom is -0.465 e. The van der Waals surface area contributed by atoms with Crippen LogP contribution in [0.1, 0.15) is 11.1 Å². The lowest BCUT2D eigenvalue weighted by molar-refractivity contribution is -0.137. The third-order valence-electron chi connectivity index (χ3n) is 3.01. The number of methoxy groups -OCH3 is 1. The first-order chi connectivity index (χ1) is 9.74. The number of alkyl halides is 3. The highest BCUT2D eigenvalue weighted by Crippen LogP contribution is 2.33. The molecule has 0 bridgehead atoms. The van der Waals surface area contributed by atoms with Crippen molar-refractivity contribution < 1.29 is 27.1 Å². The van der Waals surface area contributed by atoms with Gasteiger partial charge in [0.15, 0.2) is 0 Å². The van der Waals surface area contributed by atoms with Crippen LogP contribution in [0.4, 0.5) is 17.6 Å². The predicted octanol–water partition coefficient (Wildman–Crippen LogP) is 4.18. The number of ether oxygens (including phenoxy) is 1. The van der Waals surface area contributed by atoms with Gasteiger partial charge in [-0.25, -0.2) is 9.18 Å². The smallest absolute Gasteiger partial charge is 0.416 e. The number of hydrogen-bond donors (Lipinski definition) is 0. The van der Waals surface area contributed by atoms with Gasteiger partial charge in [0, 0.05) is 5.39 Å². The molecule has 0 amide bonds. The van der Waals surface area contributed by atoms with Crippen LogP contribution in [0.3, 0.4) is 0 Å². The summed E-state index contributed by atoms with van der Waals surface area (Å²) >= 11 is 0. The molecule has 0 saturated heterocycles. The second-order valence-corrected chi connectivity index (χ2v) is 4.36. The van der Waals surface area contributed by atoms with E-state index in [9.17, 15) is 22.4 Å². The van der Waals surface area contributed by atoms with Crippen molar-refractivity contribution in [2.24, 2.45) is 0 Å². The standard InChI is InChI=1S/C15H10F4O2/c1-8(14(20)21-2)10-5-9-3-4-11(15(17,18)19)7-12(9)13(16)6-10/h3-7H,1H2,2H3. The lowest BCUT2D eigenvalue weighted by Crippen LogP contribution is -2.05. The second-order valence-electron chi connectivity index (χ2n) is 4.36. The van der Waals surface area contributed by atoms with Crippen molar-refractivity contribution in [3.05, 3.63) is 53.9 Å². The number of halogens is 4. The van der Waals surface area contributed by atoms with Crippen molar-refractivity contribution in [3.8, 4) is 0 Å². The Morgan fingerprint density at radius 3 is 2.43 bits per heavy atom. The highest BCUT2D eigenvalue weighted by Gasteiger charge is 2.30. The van der Waals surface area contributed by atoms with Gasteiger partial charge in [-0.3, -0.25) is 0 Å². The highest BCUT2D eigenvalue weighted by atomic mass is 19.4. The molecule has 0 unspecified atom stereocenters.